The van der Waals surface area contributed by atoms with E-state index in [4.69, 9.17) is 0 Å². The molecule has 1 atom stereocenters. The van der Waals surface area contributed by atoms with Crippen LogP contribution in [0.3, 0.4) is 0 Å². The Hall–Kier alpha value is -0.850. The molecule has 1 aromatic heterocycles. The van der Waals surface area contributed by atoms with Crippen LogP contribution in [0.2, 0.25) is 0 Å². The van der Waals surface area contributed by atoms with E-state index in [9.17, 15) is 0 Å². The Kier molecular flexibility index (Phi) is 2.85. The monoisotopic (exact) mass is 163 g/mol. The fraction of sp³-hybridized carbons (Fsp3) is 0.545. The first-order chi connectivity index (χ1) is 5.61. The van der Waals surface area contributed by atoms with E-state index in [1.807, 2.05) is 13.1 Å². The van der Waals surface area contributed by atoms with Crippen molar-refractivity contribution in [2.45, 2.75) is 33.6 Å². The van der Waals surface area contributed by atoms with Crippen LogP contribution in [0.5, 0.6) is 0 Å². The van der Waals surface area contributed by atoms with E-state index in [-0.39, 0.29) is 0 Å². The second kappa shape index (κ2) is 3.70. The van der Waals surface area contributed by atoms with Crippen LogP contribution in [0.15, 0.2) is 18.3 Å². The zero-order valence-electron chi connectivity index (χ0n) is 8.33. The van der Waals surface area contributed by atoms with Crippen LogP contribution < -0.4 is 0 Å². The Morgan fingerprint density at radius 2 is 1.83 bits per heavy atom. The molecular formula is C11H17N. The molecule has 0 amide bonds. The van der Waals surface area contributed by atoms with Gasteiger partial charge in [0, 0.05) is 11.9 Å². The van der Waals surface area contributed by atoms with E-state index in [0.717, 1.165) is 5.69 Å². The van der Waals surface area contributed by atoms with Gasteiger partial charge in [0.05, 0.1) is 0 Å². The Balaban J connectivity index is 2.82. The lowest BCUT2D eigenvalue weighted by Gasteiger charge is -2.15. The molecule has 0 aliphatic rings. The number of aromatic nitrogens is 1. The fourth-order valence-corrected chi connectivity index (χ4v) is 1.13. The van der Waals surface area contributed by atoms with Crippen molar-refractivity contribution >= 4 is 0 Å². The van der Waals surface area contributed by atoms with E-state index in [1.54, 1.807) is 0 Å². The van der Waals surface area contributed by atoms with Gasteiger partial charge in [0.15, 0.2) is 0 Å². The zero-order valence-corrected chi connectivity index (χ0v) is 8.33. The largest absolute Gasteiger partial charge is 0.261 e. The molecule has 0 unspecified atom stereocenters. The minimum atomic E-state index is 0.609. The lowest BCUT2D eigenvalue weighted by molar-refractivity contribution is 0.533. The first-order valence-corrected chi connectivity index (χ1v) is 4.54. The second-order valence-corrected chi connectivity index (χ2v) is 3.77. The SMILES string of the molecule is Cc1ccc([C@H](C)C(C)C)cn1. The normalized spacial score (nSPS) is 13.4. The molecule has 0 aliphatic carbocycles. The smallest absolute Gasteiger partial charge is 0.0372 e. The summed E-state index contributed by atoms with van der Waals surface area (Å²) in [5.74, 6) is 1.30. The van der Waals surface area contributed by atoms with Crippen molar-refractivity contribution in [2.24, 2.45) is 5.92 Å². The molecule has 0 bridgehead atoms. The summed E-state index contributed by atoms with van der Waals surface area (Å²) in [4.78, 5) is 4.28. The molecule has 0 saturated carbocycles. The summed E-state index contributed by atoms with van der Waals surface area (Å²) in [7, 11) is 0. The topological polar surface area (TPSA) is 12.9 Å². The zero-order chi connectivity index (χ0) is 9.14. The van der Waals surface area contributed by atoms with Gasteiger partial charge in [-0.1, -0.05) is 26.8 Å². The molecular weight excluding hydrogens is 146 g/mol. The van der Waals surface area contributed by atoms with Gasteiger partial charge in [-0.3, -0.25) is 4.98 Å². The summed E-state index contributed by atoms with van der Waals surface area (Å²) < 4.78 is 0. The van der Waals surface area contributed by atoms with Crippen LogP contribution >= 0.6 is 0 Å². The maximum Gasteiger partial charge on any atom is 0.0372 e. The third kappa shape index (κ3) is 2.07. The van der Waals surface area contributed by atoms with Gasteiger partial charge in [-0.25, -0.2) is 0 Å². The summed E-state index contributed by atoms with van der Waals surface area (Å²) in [6, 6.07) is 4.25. The van der Waals surface area contributed by atoms with Crippen molar-refractivity contribution in [1.82, 2.24) is 4.98 Å². The summed E-state index contributed by atoms with van der Waals surface area (Å²) in [6.45, 7) is 8.75. The van der Waals surface area contributed by atoms with Crippen molar-refractivity contribution < 1.29 is 0 Å². The van der Waals surface area contributed by atoms with Gasteiger partial charge < -0.3 is 0 Å². The summed E-state index contributed by atoms with van der Waals surface area (Å²) >= 11 is 0. The number of nitrogens with zero attached hydrogens (tertiary/aromatic N) is 1. The molecule has 0 saturated heterocycles. The molecule has 12 heavy (non-hydrogen) atoms. The van der Waals surface area contributed by atoms with E-state index >= 15 is 0 Å². The maximum absolute atomic E-state index is 4.28. The van der Waals surface area contributed by atoms with E-state index in [0.29, 0.717) is 11.8 Å². The van der Waals surface area contributed by atoms with Gasteiger partial charge in [-0.15, -0.1) is 0 Å². The number of aryl methyl sites for hydroxylation is 1. The van der Waals surface area contributed by atoms with Crippen molar-refractivity contribution in [1.29, 1.82) is 0 Å². The number of rotatable bonds is 2. The van der Waals surface area contributed by atoms with E-state index in [2.05, 4.69) is 37.9 Å². The van der Waals surface area contributed by atoms with Gasteiger partial charge in [0.1, 0.15) is 0 Å². The molecule has 0 radical (unpaired) electrons. The maximum atomic E-state index is 4.28. The van der Waals surface area contributed by atoms with Crippen LogP contribution in [-0.2, 0) is 0 Å². The van der Waals surface area contributed by atoms with Gasteiger partial charge in [0.2, 0.25) is 0 Å². The van der Waals surface area contributed by atoms with E-state index < -0.39 is 0 Å². The van der Waals surface area contributed by atoms with Crippen LogP contribution in [0.25, 0.3) is 0 Å². The average molecular weight is 163 g/mol. The molecule has 1 nitrogen and oxygen atoms in total. The third-order valence-electron chi connectivity index (χ3n) is 2.46. The van der Waals surface area contributed by atoms with Crippen LogP contribution in [-0.4, -0.2) is 4.98 Å². The molecule has 0 aromatic carbocycles. The molecule has 1 rings (SSSR count). The fourth-order valence-electron chi connectivity index (χ4n) is 1.13. The Morgan fingerprint density at radius 1 is 1.17 bits per heavy atom. The van der Waals surface area contributed by atoms with Crippen LogP contribution in [0.1, 0.15) is 37.9 Å². The highest BCUT2D eigenvalue weighted by Crippen LogP contribution is 2.22. The van der Waals surface area contributed by atoms with Gasteiger partial charge in [-0.05, 0) is 30.4 Å². The minimum absolute atomic E-state index is 0.609. The summed E-state index contributed by atoms with van der Waals surface area (Å²) in [5, 5.41) is 0. The third-order valence-corrected chi connectivity index (χ3v) is 2.46. The molecule has 1 aromatic rings. The molecule has 0 N–H and O–H groups in total. The van der Waals surface area contributed by atoms with Crippen LogP contribution in [0.4, 0.5) is 0 Å². The predicted molar refractivity (Wildman–Crippen MR) is 52.2 cm³/mol. The van der Waals surface area contributed by atoms with Gasteiger partial charge in [-0.2, -0.15) is 0 Å². The van der Waals surface area contributed by atoms with Crippen molar-refractivity contribution in [3.05, 3.63) is 29.6 Å². The lowest BCUT2D eigenvalue weighted by Crippen LogP contribution is -2.02. The molecule has 1 heterocycles. The highest BCUT2D eigenvalue weighted by Gasteiger charge is 2.09. The molecule has 0 aliphatic heterocycles. The second-order valence-electron chi connectivity index (χ2n) is 3.77. The number of hydrogen-bond acceptors (Lipinski definition) is 1. The molecule has 0 fully saturated rings. The van der Waals surface area contributed by atoms with Crippen molar-refractivity contribution in [2.75, 3.05) is 0 Å². The molecule has 66 valence electrons. The molecule has 0 spiro atoms. The highest BCUT2D eigenvalue weighted by molar-refractivity contribution is 5.17. The van der Waals surface area contributed by atoms with Crippen molar-refractivity contribution in [3.8, 4) is 0 Å². The molecule has 1 heteroatoms. The Morgan fingerprint density at radius 3 is 2.25 bits per heavy atom. The Bertz CT molecular complexity index is 236. The quantitative estimate of drug-likeness (QED) is 0.652. The average Bonchev–Trinajstić information content (AvgIpc) is 2.04. The summed E-state index contributed by atoms with van der Waals surface area (Å²) in [5.41, 5.74) is 2.44. The first kappa shape index (κ1) is 9.24. The van der Waals surface area contributed by atoms with Gasteiger partial charge >= 0.3 is 0 Å². The van der Waals surface area contributed by atoms with E-state index in [1.165, 1.54) is 5.56 Å². The summed E-state index contributed by atoms with van der Waals surface area (Å²) in [6.07, 6.45) is 1.99. The predicted octanol–water partition coefficient (Wildman–Crippen LogP) is 3.15. The number of pyridine rings is 1. The number of hydrogen-bond donors (Lipinski definition) is 0. The highest BCUT2D eigenvalue weighted by atomic mass is 14.7. The lowest BCUT2D eigenvalue weighted by atomic mass is 9.91. The minimum Gasteiger partial charge on any atom is -0.261 e. The van der Waals surface area contributed by atoms with Gasteiger partial charge in [0.25, 0.3) is 0 Å². The van der Waals surface area contributed by atoms with Crippen LogP contribution in [0, 0.1) is 12.8 Å². The Labute approximate surface area is 74.8 Å². The first-order valence-electron chi connectivity index (χ1n) is 4.54. The standard InChI is InChI=1S/C11H17N/c1-8(2)10(4)11-6-5-9(3)12-7-11/h5-8,10H,1-4H3/t10-/m1/s1. The van der Waals surface area contributed by atoms with Crippen molar-refractivity contribution in [3.63, 3.8) is 0 Å².